The van der Waals surface area contributed by atoms with E-state index in [9.17, 15) is 18.0 Å². The minimum Gasteiger partial charge on any atom is -0.336 e. The Morgan fingerprint density at radius 2 is 1.71 bits per heavy atom. The summed E-state index contributed by atoms with van der Waals surface area (Å²) >= 11 is 0. The van der Waals surface area contributed by atoms with E-state index in [1.54, 1.807) is 4.90 Å². The molecule has 1 aromatic rings. The standard InChI is InChI=1S/C17H24N2O4S/c1-12(2)19(15-7-8-15)17(21)11-18(4)24(22,23)16-9-5-14(6-10-16)13(3)20/h5-6,9-10,12,15H,7-8,11H2,1-4H3. The van der Waals surface area contributed by atoms with E-state index in [1.807, 2.05) is 13.8 Å². The number of rotatable bonds is 7. The number of Topliss-reactive ketones (excluding diaryl/α,β-unsaturated/α-hetero) is 1. The summed E-state index contributed by atoms with van der Waals surface area (Å²) in [4.78, 5) is 25.6. The zero-order valence-corrected chi connectivity index (χ0v) is 15.3. The van der Waals surface area contributed by atoms with Crippen LogP contribution >= 0.6 is 0 Å². The van der Waals surface area contributed by atoms with E-state index in [2.05, 4.69) is 0 Å². The van der Waals surface area contributed by atoms with E-state index in [0.29, 0.717) is 5.56 Å². The lowest BCUT2D eigenvalue weighted by molar-refractivity contribution is -0.133. The summed E-state index contributed by atoms with van der Waals surface area (Å²) in [5.41, 5.74) is 0.451. The Morgan fingerprint density at radius 1 is 1.17 bits per heavy atom. The summed E-state index contributed by atoms with van der Waals surface area (Å²) < 4.78 is 26.3. The lowest BCUT2D eigenvalue weighted by Crippen LogP contribution is -2.45. The van der Waals surface area contributed by atoms with Crippen LogP contribution in [0.25, 0.3) is 0 Å². The predicted octanol–water partition coefficient (Wildman–Crippen LogP) is 1.91. The third kappa shape index (κ3) is 4.02. The molecule has 0 bridgehead atoms. The van der Waals surface area contributed by atoms with Gasteiger partial charge in [0.25, 0.3) is 0 Å². The van der Waals surface area contributed by atoms with Gasteiger partial charge in [-0.05, 0) is 45.7 Å². The van der Waals surface area contributed by atoms with Gasteiger partial charge in [-0.2, -0.15) is 4.31 Å². The van der Waals surface area contributed by atoms with Crippen LogP contribution in [-0.2, 0) is 14.8 Å². The molecule has 0 aliphatic heterocycles. The van der Waals surface area contributed by atoms with Gasteiger partial charge < -0.3 is 4.90 Å². The first-order valence-electron chi connectivity index (χ1n) is 8.03. The summed E-state index contributed by atoms with van der Waals surface area (Å²) in [6.07, 6.45) is 1.96. The van der Waals surface area contributed by atoms with Gasteiger partial charge in [0.2, 0.25) is 15.9 Å². The molecular weight excluding hydrogens is 328 g/mol. The second-order valence-electron chi connectivity index (χ2n) is 6.47. The fraction of sp³-hybridized carbons (Fsp3) is 0.529. The number of sulfonamides is 1. The molecule has 1 aliphatic rings. The molecule has 0 heterocycles. The second-order valence-corrected chi connectivity index (χ2v) is 8.51. The molecule has 24 heavy (non-hydrogen) atoms. The van der Waals surface area contributed by atoms with Crippen molar-refractivity contribution in [2.24, 2.45) is 0 Å². The average molecular weight is 352 g/mol. The van der Waals surface area contributed by atoms with Crippen LogP contribution < -0.4 is 0 Å². The maximum absolute atomic E-state index is 12.6. The molecule has 1 aliphatic carbocycles. The Kier molecular flexibility index (Phi) is 5.45. The van der Waals surface area contributed by atoms with Gasteiger partial charge in [-0.25, -0.2) is 8.42 Å². The number of carbonyl (C=O) groups is 2. The highest BCUT2D eigenvalue weighted by atomic mass is 32.2. The van der Waals surface area contributed by atoms with E-state index in [0.717, 1.165) is 17.1 Å². The quantitative estimate of drug-likeness (QED) is 0.703. The maximum Gasteiger partial charge on any atom is 0.243 e. The number of likely N-dealkylation sites (N-methyl/N-ethyl adjacent to an activating group) is 1. The molecular formula is C17H24N2O4S. The summed E-state index contributed by atoms with van der Waals surface area (Å²) in [6, 6.07) is 6.05. The van der Waals surface area contributed by atoms with Crippen LogP contribution in [0.1, 0.15) is 44.0 Å². The topological polar surface area (TPSA) is 74.8 Å². The molecule has 0 unspecified atom stereocenters. The van der Waals surface area contributed by atoms with Crippen molar-refractivity contribution in [2.45, 2.75) is 50.6 Å². The van der Waals surface area contributed by atoms with E-state index >= 15 is 0 Å². The number of amides is 1. The van der Waals surface area contributed by atoms with Gasteiger partial charge in [0.15, 0.2) is 5.78 Å². The molecule has 1 aromatic carbocycles. The number of benzene rings is 1. The molecule has 0 spiro atoms. The zero-order chi connectivity index (χ0) is 18.1. The van der Waals surface area contributed by atoms with Gasteiger partial charge in [-0.3, -0.25) is 9.59 Å². The third-order valence-electron chi connectivity index (χ3n) is 4.11. The molecule has 1 amide bonds. The highest BCUT2D eigenvalue weighted by Gasteiger charge is 2.35. The molecule has 1 fully saturated rings. The molecule has 6 nitrogen and oxygen atoms in total. The van der Waals surface area contributed by atoms with Crippen LogP contribution in [0.5, 0.6) is 0 Å². The monoisotopic (exact) mass is 352 g/mol. The Labute approximate surface area is 143 Å². The maximum atomic E-state index is 12.6. The third-order valence-corrected chi connectivity index (χ3v) is 5.93. The molecule has 2 rings (SSSR count). The van der Waals surface area contributed by atoms with Gasteiger partial charge in [0.05, 0.1) is 11.4 Å². The van der Waals surface area contributed by atoms with Crippen molar-refractivity contribution < 1.29 is 18.0 Å². The molecule has 0 radical (unpaired) electrons. The van der Waals surface area contributed by atoms with Crippen LogP contribution in [0.2, 0.25) is 0 Å². The van der Waals surface area contributed by atoms with E-state index in [-0.39, 0.29) is 35.2 Å². The predicted molar refractivity (Wildman–Crippen MR) is 91.3 cm³/mol. The smallest absolute Gasteiger partial charge is 0.243 e. The SMILES string of the molecule is CC(=O)c1ccc(S(=O)(=O)N(C)CC(=O)N(C(C)C)C2CC2)cc1. The summed E-state index contributed by atoms with van der Waals surface area (Å²) in [5.74, 6) is -0.307. The van der Waals surface area contributed by atoms with Gasteiger partial charge >= 0.3 is 0 Å². The molecule has 0 N–H and O–H groups in total. The molecule has 132 valence electrons. The molecule has 1 saturated carbocycles. The van der Waals surface area contributed by atoms with Crippen molar-refractivity contribution in [3.63, 3.8) is 0 Å². The fourth-order valence-electron chi connectivity index (χ4n) is 2.66. The average Bonchev–Trinajstić information content (AvgIpc) is 3.31. The Hall–Kier alpha value is -1.73. The second kappa shape index (κ2) is 7.03. The first-order chi connectivity index (χ1) is 11.1. The van der Waals surface area contributed by atoms with Gasteiger partial charge in [-0.15, -0.1) is 0 Å². The number of ketones is 1. The van der Waals surface area contributed by atoms with Crippen LogP contribution in [0, 0.1) is 0 Å². The first-order valence-corrected chi connectivity index (χ1v) is 9.47. The van der Waals surface area contributed by atoms with Crippen LogP contribution in [-0.4, -0.2) is 55.0 Å². The van der Waals surface area contributed by atoms with E-state index in [4.69, 9.17) is 0 Å². The Morgan fingerprint density at radius 3 is 2.12 bits per heavy atom. The number of carbonyl (C=O) groups excluding carboxylic acids is 2. The Balaban J connectivity index is 2.13. The van der Waals surface area contributed by atoms with E-state index < -0.39 is 10.0 Å². The first kappa shape index (κ1) is 18.6. The number of hydrogen-bond donors (Lipinski definition) is 0. The van der Waals surface area contributed by atoms with Crippen molar-refractivity contribution in [2.75, 3.05) is 13.6 Å². The molecule has 7 heteroatoms. The lowest BCUT2D eigenvalue weighted by atomic mass is 10.2. The van der Waals surface area contributed by atoms with Crippen molar-refractivity contribution in [1.82, 2.24) is 9.21 Å². The van der Waals surface area contributed by atoms with Crippen molar-refractivity contribution in [3.05, 3.63) is 29.8 Å². The van der Waals surface area contributed by atoms with Gasteiger partial charge in [0, 0.05) is 24.7 Å². The van der Waals surface area contributed by atoms with Crippen molar-refractivity contribution >= 4 is 21.7 Å². The van der Waals surface area contributed by atoms with Crippen molar-refractivity contribution in [1.29, 1.82) is 0 Å². The van der Waals surface area contributed by atoms with E-state index in [1.165, 1.54) is 38.2 Å². The largest absolute Gasteiger partial charge is 0.336 e. The molecule has 0 atom stereocenters. The minimum absolute atomic E-state index is 0.0518. The molecule has 0 saturated heterocycles. The van der Waals surface area contributed by atoms with Gasteiger partial charge in [-0.1, -0.05) is 12.1 Å². The number of nitrogens with zero attached hydrogens (tertiary/aromatic N) is 2. The number of hydrogen-bond acceptors (Lipinski definition) is 4. The van der Waals surface area contributed by atoms with Crippen LogP contribution in [0.4, 0.5) is 0 Å². The summed E-state index contributed by atoms with van der Waals surface area (Å²) in [7, 11) is -2.37. The highest BCUT2D eigenvalue weighted by molar-refractivity contribution is 7.89. The highest BCUT2D eigenvalue weighted by Crippen LogP contribution is 2.29. The summed E-state index contributed by atoms with van der Waals surface area (Å²) in [5, 5.41) is 0. The molecule has 0 aromatic heterocycles. The normalized spacial score (nSPS) is 14.9. The van der Waals surface area contributed by atoms with Gasteiger partial charge in [0.1, 0.15) is 0 Å². The Bertz CT molecular complexity index is 719. The van der Waals surface area contributed by atoms with Crippen LogP contribution in [0.3, 0.4) is 0 Å². The lowest BCUT2D eigenvalue weighted by Gasteiger charge is -2.28. The van der Waals surface area contributed by atoms with Crippen LogP contribution in [0.15, 0.2) is 29.2 Å². The summed E-state index contributed by atoms with van der Waals surface area (Å²) in [6.45, 7) is 5.11. The van der Waals surface area contributed by atoms with Crippen molar-refractivity contribution in [3.8, 4) is 0 Å². The fourth-order valence-corrected chi connectivity index (χ4v) is 3.78. The minimum atomic E-state index is -3.77. The zero-order valence-electron chi connectivity index (χ0n) is 14.5.